The zero-order chi connectivity index (χ0) is 14.7. The molecule has 1 N–H and O–H groups in total. The Morgan fingerprint density at radius 1 is 1.45 bits per heavy atom. The van der Waals surface area contributed by atoms with Crippen LogP contribution in [0.4, 0.5) is 0 Å². The van der Waals surface area contributed by atoms with E-state index < -0.39 is 5.97 Å². The van der Waals surface area contributed by atoms with Crippen LogP contribution in [0.15, 0.2) is 30.5 Å². The van der Waals surface area contributed by atoms with Crippen molar-refractivity contribution in [2.45, 2.75) is 26.4 Å². The number of thiol groups is 1. The summed E-state index contributed by atoms with van der Waals surface area (Å²) in [5.74, 6) is -0.323. The Hall–Kier alpha value is -1.95. The summed E-state index contributed by atoms with van der Waals surface area (Å²) in [4.78, 5) is 11.3. The molecule has 0 radical (unpaired) electrons. The fraction of sp³-hybridized carbons (Fsp3) is 0.286. The lowest BCUT2D eigenvalue weighted by Gasteiger charge is -2.15. The first-order chi connectivity index (χ1) is 9.49. The molecule has 0 spiro atoms. The molecule has 1 heterocycles. The number of carboxylic acids is 1. The van der Waals surface area contributed by atoms with Crippen LogP contribution < -0.4 is 4.74 Å². The van der Waals surface area contributed by atoms with Gasteiger partial charge >= 0.3 is 5.97 Å². The van der Waals surface area contributed by atoms with E-state index in [1.165, 1.54) is 4.09 Å². The molecule has 0 amide bonds. The highest BCUT2D eigenvalue weighted by atomic mass is 32.1. The van der Waals surface area contributed by atoms with Gasteiger partial charge in [0.1, 0.15) is 6.61 Å². The number of carbonyl (C=O) groups is 1. The smallest absolute Gasteiger partial charge is 0.336 e. The molecule has 5 nitrogen and oxygen atoms in total. The van der Waals surface area contributed by atoms with Crippen LogP contribution in [-0.2, 0) is 6.61 Å². The number of aromatic carboxylic acids is 1. The number of ether oxygens (including phenoxy) is 1. The molecule has 0 aliphatic heterocycles. The monoisotopic (exact) mass is 292 g/mol. The molecule has 20 heavy (non-hydrogen) atoms. The summed E-state index contributed by atoms with van der Waals surface area (Å²) in [6, 6.07) is 6.94. The van der Waals surface area contributed by atoms with Gasteiger partial charge in [-0.25, -0.2) is 8.88 Å². The number of aromatic nitrogens is 2. The number of hydrogen-bond donors (Lipinski definition) is 2. The van der Waals surface area contributed by atoms with Gasteiger partial charge in [-0.15, -0.1) is 5.10 Å². The number of carboxylic acid groups (broad SMARTS) is 1. The van der Waals surface area contributed by atoms with E-state index in [1.54, 1.807) is 24.4 Å². The molecule has 6 heteroatoms. The van der Waals surface area contributed by atoms with Crippen molar-refractivity contribution in [2.24, 2.45) is 0 Å². The van der Waals surface area contributed by atoms with E-state index >= 15 is 0 Å². The second-order valence-corrected chi connectivity index (χ2v) is 5.11. The van der Waals surface area contributed by atoms with Crippen molar-refractivity contribution in [3.8, 4) is 5.88 Å². The third kappa shape index (κ3) is 3.14. The van der Waals surface area contributed by atoms with Crippen molar-refractivity contribution in [3.63, 3.8) is 0 Å². The van der Waals surface area contributed by atoms with Gasteiger partial charge in [-0.1, -0.05) is 26.0 Å². The Bertz CT molecular complexity index is 623. The first-order valence-corrected chi connectivity index (χ1v) is 6.62. The molecule has 0 aliphatic rings. The van der Waals surface area contributed by atoms with Gasteiger partial charge in [0.05, 0.1) is 5.56 Å². The highest BCUT2D eigenvalue weighted by Crippen LogP contribution is 2.24. The first-order valence-electron chi connectivity index (χ1n) is 6.22. The van der Waals surface area contributed by atoms with Crippen molar-refractivity contribution in [2.75, 3.05) is 0 Å². The molecule has 0 fully saturated rings. The third-order valence-electron chi connectivity index (χ3n) is 2.98. The number of benzene rings is 1. The molecule has 0 aliphatic carbocycles. The molecule has 0 saturated carbocycles. The topological polar surface area (TPSA) is 64.3 Å². The summed E-state index contributed by atoms with van der Waals surface area (Å²) in [5, 5.41) is 13.3. The predicted molar refractivity (Wildman–Crippen MR) is 78.4 cm³/mol. The summed E-state index contributed by atoms with van der Waals surface area (Å²) in [6.45, 7) is 4.21. The van der Waals surface area contributed by atoms with Crippen LogP contribution >= 0.6 is 12.8 Å². The third-order valence-corrected chi connectivity index (χ3v) is 3.20. The molecular formula is C14H16N2O3S. The highest BCUT2D eigenvalue weighted by molar-refractivity contribution is 7.78. The molecule has 106 valence electrons. The molecule has 0 unspecified atom stereocenters. The normalized spacial score (nSPS) is 10.8. The van der Waals surface area contributed by atoms with Crippen LogP contribution in [-0.4, -0.2) is 20.3 Å². The van der Waals surface area contributed by atoms with Gasteiger partial charge in [0.25, 0.3) is 0 Å². The largest absolute Gasteiger partial charge is 0.478 e. The van der Waals surface area contributed by atoms with Gasteiger partial charge in [0.15, 0.2) is 0 Å². The minimum Gasteiger partial charge on any atom is -0.478 e. The van der Waals surface area contributed by atoms with Crippen LogP contribution in [0.3, 0.4) is 0 Å². The quantitative estimate of drug-likeness (QED) is 0.832. The van der Waals surface area contributed by atoms with E-state index in [-0.39, 0.29) is 18.1 Å². The zero-order valence-corrected chi connectivity index (χ0v) is 12.2. The lowest BCUT2D eigenvalue weighted by molar-refractivity contribution is 0.0693. The molecule has 0 saturated heterocycles. The average molecular weight is 292 g/mol. The van der Waals surface area contributed by atoms with Crippen LogP contribution in [0.2, 0.25) is 0 Å². The van der Waals surface area contributed by atoms with E-state index in [4.69, 9.17) is 4.74 Å². The van der Waals surface area contributed by atoms with E-state index in [1.807, 2.05) is 19.9 Å². The minimum absolute atomic E-state index is 0.167. The summed E-state index contributed by atoms with van der Waals surface area (Å²) in [7, 11) is 0. The summed E-state index contributed by atoms with van der Waals surface area (Å²) in [6.07, 6.45) is 1.64. The lowest BCUT2D eigenvalue weighted by atomic mass is 9.94. The summed E-state index contributed by atoms with van der Waals surface area (Å²) < 4.78 is 6.89. The molecule has 1 aromatic heterocycles. The van der Waals surface area contributed by atoms with Crippen molar-refractivity contribution < 1.29 is 14.6 Å². The SMILES string of the molecule is CC(C)c1cccc(C(=O)O)c1COc1ccn(S)n1. The van der Waals surface area contributed by atoms with Crippen LogP contribution in [0.1, 0.15) is 41.3 Å². The first kappa shape index (κ1) is 14.5. The minimum atomic E-state index is -0.953. The second kappa shape index (κ2) is 6.00. The molecule has 0 bridgehead atoms. The van der Waals surface area contributed by atoms with Crippen LogP contribution in [0, 0.1) is 0 Å². The predicted octanol–water partition coefficient (Wildman–Crippen LogP) is 2.98. The Morgan fingerprint density at radius 2 is 2.20 bits per heavy atom. The Balaban J connectivity index is 2.30. The molecule has 1 aromatic carbocycles. The molecular weight excluding hydrogens is 276 g/mol. The van der Waals surface area contributed by atoms with Gasteiger partial charge in [-0.2, -0.15) is 0 Å². The fourth-order valence-corrected chi connectivity index (χ4v) is 2.18. The molecule has 0 atom stereocenters. The van der Waals surface area contributed by atoms with Crippen molar-refractivity contribution in [1.29, 1.82) is 0 Å². The van der Waals surface area contributed by atoms with Crippen molar-refractivity contribution >= 4 is 18.8 Å². The van der Waals surface area contributed by atoms with Gasteiger partial charge in [0.2, 0.25) is 5.88 Å². The number of rotatable bonds is 5. The van der Waals surface area contributed by atoms with E-state index in [9.17, 15) is 9.90 Å². The molecule has 2 rings (SSSR count). The highest BCUT2D eigenvalue weighted by Gasteiger charge is 2.16. The maximum Gasteiger partial charge on any atom is 0.336 e. The second-order valence-electron chi connectivity index (χ2n) is 4.70. The Labute approximate surface area is 122 Å². The summed E-state index contributed by atoms with van der Waals surface area (Å²) in [5.41, 5.74) is 1.92. The van der Waals surface area contributed by atoms with E-state index in [0.717, 1.165) is 5.56 Å². The van der Waals surface area contributed by atoms with E-state index in [2.05, 4.69) is 17.9 Å². The van der Waals surface area contributed by atoms with Crippen molar-refractivity contribution in [1.82, 2.24) is 9.19 Å². The Kier molecular flexibility index (Phi) is 4.34. The fourth-order valence-electron chi connectivity index (χ4n) is 2.03. The van der Waals surface area contributed by atoms with Crippen LogP contribution in [0.25, 0.3) is 0 Å². The van der Waals surface area contributed by atoms with Gasteiger partial charge in [-0.3, -0.25) is 0 Å². The van der Waals surface area contributed by atoms with Gasteiger partial charge < -0.3 is 9.84 Å². The molecule has 2 aromatic rings. The average Bonchev–Trinajstić information content (AvgIpc) is 2.81. The van der Waals surface area contributed by atoms with Crippen molar-refractivity contribution in [3.05, 3.63) is 47.2 Å². The maximum atomic E-state index is 11.3. The van der Waals surface area contributed by atoms with Gasteiger partial charge in [-0.05, 0) is 30.4 Å². The summed E-state index contributed by atoms with van der Waals surface area (Å²) >= 11 is 4.02. The maximum absolute atomic E-state index is 11.3. The van der Waals surface area contributed by atoms with Crippen LogP contribution in [0.5, 0.6) is 5.88 Å². The lowest BCUT2D eigenvalue weighted by Crippen LogP contribution is -2.10. The number of hydrogen-bond acceptors (Lipinski definition) is 4. The number of nitrogens with zero attached hydrogens (tertiary/aromatic N) is 2. The van der Waals surface area contributed by atoms with E-state index in [0.29, 0.717) is 11.4 Å². The van der Waals surface area contributed by atoms with Gasteiger partial charge in [0, 0.05) is 17.8 Å². The Morgan fingerprint density at radius 3 is 2.75 bits per heavy atom. The standard InChI is InChI=1S/C14H16N2O3S/c1-9(2)10-4-3-5-11(14(17)18)12(10)8-19-13-6-7-16(20)15-13/h3-7,9,20H,8H2,1-2H3,(H,17,18). The zero-order valence-electron chi connectivity index (χ0n) is 11.3.